The van der Waals surface area contributed by atoms with Crippen LogP contribution in [-0.4, -0.2) is 47.9 Å². The number of hydrogen-bond donors (Lipinski definition) is 0. The van der Waals surface area contributed by atoms with Crippen molar-refractivity contribution in [2.75, 3.05) is 19.8 Å². The van der Waals surface area contributed by atoms with Gasteiger partial charge in [0.25, 0.3) is 0 Å². The van der Waals surface area contributed by atoms with E-state index in [0.717, 1.165) is 0 Å². The van der Waals surface area contributed by atoms with E-state index in [4.69, 9.17) is 23.2 Å². The molecule has 2 aromatic heterocycles. The molecule has 0 aliphatic rings. The number of halogens is 2. The molecule has 0 saturated heterocycles. The standard InChI is InChI=1S/C9H11Cl2N5OS/c1-15(18(2)17)3-4-16-5-12-6-7(10)13-9(11)14-8(6)16/h5H,3-4H2,1-2H3. The van der Waals surface area contributed by atoms with Gasteiger partial charge < -0.3 is 4.57 Å². The summed E-state index contributed by atoms with van der Waals surface area (Å²) >= 11 is 11.7. The Labute approximate surface area is 117 Å². The first-order valence-electron chi connectivity index (χ1n) is 5.07. The van der Waals surface area contributed by atoms with Crippen molar-refractivity contribution < 1.29 is 4.21 Å². The Balaban J connectivity index is 2.27. The van der Waals surface area contributed by atoms with Crippen LogP contribution >= 0.6 is 23.2 Å². The van der Waals surface area contributed by atoms with Crippen molar-refractivity contribution in [3.05, 3.63) is 16.8 Å². The molecule has 0 spiro atoms. The molecule has 9 heteroatoms. The van der Waals surface area contributed by atoms with Gasteiger partial charge in [0.05, 0.1) is 17.3 Å². The van der Waals surface area contributed by atoms with Crippen LogP contribution in [0, 0.1) is 0 Å². The van der Waals surface area contributed by atoms with E-state index >= 15 is 0 Å². The van der Waals surface area contributed by atoms with E-state index in [1.807, 2.05) is 0 Å². The van der Waals surface area contributed by atoms with Crippen LogP contribution in [0.25, 0.3) is 11.2 Å². The van der Waals surface area contributed by atoms with Gasteiger partial charge in [-0.25, -0.2) is 18.5 Å². The van der Waals surface area contributed by atoms with E-state index in [9.17, 15) is 4.21 Å². The van der Waals surface area contributed by atoms with Gasteiger partial charge in [-0.3, -0.25) is 0 Å². The van der Waals surface area contributed by atoms with Crippen molar-refractivity contribution in [1.29, 1.82) is 0 Å². The second kappa shape index (κ2) is 5.48. The summed E-state index contributed by atoms with van der Waals surface area (Å²) in [7, 11) is 0.782. The number of hydrogen-bond acceptors (Lipinski definition) is 4. The van der Waals surface area contributed by atoms with Crippen molar-refractivity contribution in [1.82, 2.24) is 23.8 Å². The summed E-state index contributed by atoms with van der Waals surface area (Å²) in [6.45, 7) is 1.20. The third-order valence-electron chi connectivity index (χ3n) is 2.49. The van der Waals surface area contributed by atoms with E-state index in [2.05, 4.69) is 15.0 Å². The molecule has 0 N–H and O–H groups in total. The molecule has 1 unspecified atom stereocenters. The summed E-state index contributed by atoms with van der Waals surface area (Å²) in [6.07, 6.45) is 3.25. The topological polar surface area (TPSA) is 63.9 Å². The zero-order chi connectivity index (χ0) is 13.3. The molecule has 0 aliphatic carbocycles. The first kappa shape index (κ1) is 13.7. The van der Waals surface area contributed by atoms with E-state index in [-0.39, 0.29) is 10.4 Å². The van der Waals surface area contributed by atoms with Crippen LogP contribution in [0.3, 0.4) is 0 Å². The molecule has 0 saturated carbocycles. The molecule has 0 bridgehead atoms. The van der Waals surface area contributed by atoms with Crippen LogP contribution in [0.15, 0.2) is 6.33 Å². The number of rotatable bonds is 4. The number of imidazole rings is 1. The number of fused-ring (bicyclic) bond motifs is 1. The minimum Gasteiger partial charge on any atom is -0.314 e. The molecular weight excluding hydrogens is 297 g/mol. The SMILES string of the molecule is CN(CCn1cnc2c(Cl)nc(Cl)nc21)S(C)=O. The van der Waals surface area contributed by atoms with Crippen LogP contribution in [0.1, 0.15) is 0 Å². The molecule has 2 rings (SSSR count). The highest BCUT2D eigenvalue weighted by Gasteiger charge is 2.11. The highest BCUT2D eigenvalue weighted by Crippen LogP contribution is 2.20. The molecule has 6 nitrogen and oxygen atoms in total. The molecule has 0 radical (unpaired) electrons. The first-order valence-corrected chi connectivity index (χ1v) is 7.34. The van der Waals surface area contributed by atoms with Gasteiger partial charge in [0.2, 0.25) is 5.28 Å². The average molecular weight is 308 g/mol. The second-order valence-electron chi connectivity index (χ2n) is 3.67. The Hall–Kier alpha value is -0.760. The third kappa shape index (κ3) is 2.80. The smallest absolute Gasteiger partial charge is 0.225 e. The summed E-state index contributed by atoms with van der Waals surface area (Å²) in [5, 5.41) is 0.317. The maximum Gasteiger partial charge on any atom is 0.225 e. The maximum atomic E-state index is 11.2. The maximum absolute atomic E-state index is 11.2. The Morgan fingerprint density at radius 2 is 2.17 bits per heavy atom. The van der Waals surface area contributed by atoms with Gasteiger partial charge >= 0.3 is 0 Å². The van der Waals surface area contributed by atoms with Crippen LogP contribution in [0.2, 0.25) is 10.4 Å². The Morgan fingerprint density at radius 1 is 1.44 bits per heavy atom. The van der Waals surface area contributed by atoms with Crippen molar-refractivity contribution in [2.24, 2.45) is 0 Å². The van der Waals surface area contributed by atoms with Crippen molar-refractivity contribution in [3.63, 3.8) is 0 Å². The lowest BCUT2D eigenvalue weighted by molar-refractivity contribution is 0.488. The summed E-state index contributed by atoms with van der Waals surface area (Å²) in [4.78, 5) is 12.1. The van der Waals surface area contributed by atoms with Gasteiger partial charge in [-0.05, 0) is 18.6 Å². The second-order valence-corrected chi connectivity index (χ2v) is 5.84. The van der Waals surface area contributed by atoms with Gasteiger partial charge in [-0.15, -0.1) is 0 Å². The lowest BCUT2D eigenvalue weighted by atomic mass is 10.5. The first-order chi connectivity index (χ1) is 8.49. The molecule has 0 fully saturated rings. The Kier molecular flexibility index (Phi) is 4.16. The highest BCUT2D eigenvalue weighted by molar-refractivity contribution is 7.81. The average Bonchev–Trinajstić information content (AvgIpc) is 2.69. The van der Waals surface area contributed by atoms with E-state index in [0.29, 0.717) is 24.3 Å². The molecular formula is C9H11Cl2N5OS. The molecule has 1 atom stereocenters. The van der Waals surface area contributed by atoms with Crippen LogP contribution in [0.5, 0.6) is 0 Å². The third-order valence-corrected chi connectivity index (χ3v) is 3.98. The predicted octanol–water partition coefficient (Wildman–Crippen LogP) is 1.36. The summed E-state index contributed by atoms with van der Waals surface area (Å²) in [5.74, 6) is 0. The summed E-state index contributed by atoms with van der Waals surface area (Å²) in [6, 6.07) is 0. The summed E-state index contributed by atoms with van der Waals surface area (Å²) in [5.41, 5.74) is 1.09. The fourth-order valence-corrected chi connectivity index (χ4v) is 2.19. The number of likely N-dealkylation sites (N-methyl/N-ethyl adjacent to an activating group) is 1. The van der Waals surface area contributed by atoms with Crippen molar-refractivity contribution in [3.8, 4) is 0 Å². The van der Waals surface area contributed by atoms with E-state index < -0.39 is 11.0 Å². The minimum absolute atomic E-state index is 0.0849. The predicted molar refractivity (Wildman–Crippen MR) is 72.0 cm³/mol. The lowest BCUT2D eigenvalue weighted by Gasteiger charge is -2.13. The van der Waals surface area contributed by atoms with E-state index in [1.165, 1.54) is 0 Å². The van der Waals surface area contributed by atoms with E-state index in [1.54, 1.807) is 28.5 Å². The molecule has 0 amide bonds. The fourth-order valence-electron chi connectivity index (χ4n) is 1.43. The van der Waals surface area contributed by atoms with Crippen molar-refractivity contribution in [2.45, 2.75) is 6.54 Å². The van der Waals surface area contributed by atoms with Crippen LogP contribution < -0.4 is 0 Å². The zero-order valence-corrected chi connectivity index (χ0v) is 12.1. The molecule has 2 heterocycles. The molecule has 2 aromatic rings. The van der Waals surface area contributed by atoms with Gasteiger partial charge in [0.15, 0.2) is 10.8 Å². The number of nitrogens with zero attached hydrogens (tertiary/aromatic N) is 5. The van der Waals surface area contributed by atoms with Gasteiger partial charge in [-0.1, -0.05) is 11.6 Å². The lowest BCUT2D eigenvalue weighted by Crippen LogP contribution is -2.24. The highest BCUT2D eigenvalue weighted by atomic mass is 35.5. The summed E-state index contributed by atoms with van der Waals surface area (Å²) < 4.78 is 14.7. The zero-order valence-electron chi connectivity index (χ0n) is 9.80. The monoisotopic (exact) mass is 307 g/mol. The Morgan fingerprint density at radius 3 is 2.83 bits per heavy atom. The normalized spacial score (nSPS) is 13.4. The van der Waals surface area contributed by atoms with Crippen LogP contribution in [-0.2, 0) is 17.5 Å². The molecule has 18 heavy (non-hydrogen) atoms. The number of aromatic nitrogens is 4. The van der Waals surface area contributed by atoms with Crippen molar-refractivity contribution >= 4 is 45.4 Å². The van der Waals surface area contributed by atoms with Gasteiger partial charge in [0, 0.05) is 19.3 Å². The molecule has 0 aliphatic heterocycles. The minimum atomic E-state index is -1.000. The fraction of sp³-hybridized carbons (Fsp3) is 0.444. The van der Waals surface area contributed by atoms with Crippen LogP contribution in [0.4, 0.5) is 0 Å². The van der Waals surface area contributed by atoms with Gasteiger partial charge in [0.1, 0.15) is 5.52 Å². The molecule has 98 valence electrons. The van der Waals surface area contributed by atoms with Gasteiger partial charge in [-0.2, -0.15) is 4.98 Å². The molecule has 0 aromatic carbocycles. The largest absolute Gasteiger partial charge is 0.314 e. The quantitative estimate of drug-likeness (QED) is 0.632. The Bertz CT molecular complexity index is 602.